The van der Waals surface area contributed by atoms with Crippen LogP contribution in [0.25, 0.3) is 22.6 Å². The van der Waals surface area contributed by atoms with Crippen LogP contribution in [0.3, 0.4) is 0 Å². The van der Waals surface area contributed by atoms with Crippen molar-refractivity contribution in [3.8, 4) is 11.5 Å². The summed E-state index contributed by atoms with van der Waals surface area (Å²) in [6.45, 7) is 0. The average molecular weight is 403 g/mol. The number of pyridine rings is 1. The lowest BCUT2D eigenvalue weighted by molar-refractivity contribution is 0.491. The fourth-order valence-corrected chi connectivity index (χ4v) is 4.14. The molecule has 5 nitrogen and oxygen atoms in total. The highest BCUT2D eigenvalue weighted by Crippen LogP contribution is 2.25. The minimum Gasteiger partial charge on any atom is -0.337 e. The van der Waals surface area contributed by atoms with Gasteiger partial charge in [-0.05, 0) is 36.4 Å². The van der Waals surface area contributed by atoms with Gasteiger partial charge in [0.25, 0.3) is 0 Å². The Morgan fingerprint density at radius 3 is 2.46 bits per heavy atom. The molecule has 0 amide bonds. The van der Waals surface area contributed by atoms with E-state index in [2.05, 4.69) is 15.0 Å². The molecule has 0 fully saturated rings. The summed E-state index contributed by atoms with van der Waals surface area (Å²) in [4.78, 5) is 11.4. The summed E-state index contributed by atoms with van der Waals surface area (Å²) in [5.74, 6) is -4.14. The van der Waals surface area contributed by atoms with Crippen LogP contribution in [0.4, 0.5) is 13.2 Å². The number of imidazole rings is 1. The van der Waals surface area contributed by atoms with Crippen LogP contribution in [0, 0.1) is 17.5 Å². The number of nitrogens with one attached hydrogen (secondary N) is 1. The minimum atomic E-state index is -4.00. The van der Waals surface area contributed by atoms with Crippen molar-refractivity contribution in [2.45, 2.75) is 10.6 Å². The standard InChI is InChI=1S/C19H12F3N3O2S/c20-13-9-15(22)14(21)7-11(13)10-28(26,27)12-4-5-16-18(8-12)25-19(24-16)17-3-1-2-6-23-17/h1-9H,10H2,(H,24,25). The van der Waals surface area contributed by atoms with Crippen LogP contribution in [0.5, 0.6) is 0 Å². The molecule has 0 aliphatic rings. The number of fused-ring (bicyclic) bond motifs is 1. The molecule has 2 aromatic heterocycles. The van der Waals surface area contributed by atoms with E-state index in [9.17, 15) is 21.6 Å². The Morgan fingerprint density at radius 1 is 0.929 bits per heavy atom. The Labute approximate surface area is 157 Å². The van der Waals surface area contributed by atoms with Crippen molar-refractivity contribution >= 4 is 20.9 Å². The first-order valence-electron chi connectivity index (χ1n) is 8.11. The smallest absolute Gasteiger partial charge is 0.182 e. The van der Waals surface area contributed by atoms with Crippen molar-refractivity contribution in [1.29, 1.82) is 0 Å². The minimum absolute atomic E-state index is 0.0969. The molecule has 2 heterocycles. The van der Waals surface area contributed by atoms with Crippen LogP contribution in [0.2, 0.25) is 0 Å². The molecular formula is C19H12F3N3O2S. The van der Waals surface area contributed by atoms with Crippen LogP contribution in [-0.4, -0.2) is 23.4 Å². The molecule has 0 atom stereocenters. The zero-order valence-corrected chi connectivity index (χ0v) is 15.0. The lowest BCUT2D eigenvalue weighted by Crippen LogP contribution is -2.07. The van der Waals surface area contributed by atoms with E-state index in [-0.39, 0.29) is 4.90 Å². The largest absolute Gasteiger partial charge is 0.337 e. The van der Waals surface area contributed by atoms with Crippen molar-refractivity contribution in [2.75, 3.05) is 0 Å². The van der Waals surface area contributed by atoms with Gasteiger partial charge >= 0.3 is 0 Å². The first-order chi connectivity index (χ1) is 13.3. The topological polar surface area (TPSA) is 75.7 Å². The summed E-state index contributed by atoms with van der Waals surface area (Å²) in [5.41, 5.74) is 1.12. The van der Waals surface area contributed by atoms with Gasteiger partial charge in [0, 0.05) is 17.8 Å². The third-order valence-corrected chi connectivity index (χ3v) is 5.82. The number of rotatable bonds is 4. The predicted molar refractivity (Wildman–Crippen MR) is 96.5 cm³/mol. The van der Waals surface area contributed by atoms with Gasteiger partial charge in [0.15, 0.2) is 27.3 Å². The van der Waals surface area contributed by atoms with Crippen molar-refractivity contribution in [3.05, 3.63) is 77.7 Å². The highest BCUT2D eigenvalue weighted by atomic mass is 32.2. The molecule has 0 bridgehead atoms. The number of aromatic nitrogens is 3. The van der Waals surface area contributed by atoms with Gasteiger partial charge in [0.2, 0.25) is 0 Å². The van der Waals surface area contributed by atoms with Gasteiger partial charge in [0.1, 0.15) is 11.5 Å². The van der Waals surface area contributed by atoms with Crippen LogP contribution in [0.15, 0.2) is 59.6 Å². The van der Waals surface area contributed by atoms with E-state index in [0.717, 1.165) is 0 Å². The van der Waals surface area contributed by atoms with Crippen molar-refractivity contribution < 1.29 is 21.6 Å². The molecule has 142 valence electrons. The predicted octanol–water partition coefficient (Wildman–Crippen LogP) is 4.02. The second-order valence-electron chi connectivity index (χ2n) is 6.10. The highest BCUT2D eigenvalue weighted by Gasteiger charge is 2.21. The van der Waals surface area contributed by atoms with E-state index in [0.29, 0.717) is 34.7 Å². The third kappa shape index (κ3) is 3.36. The van der Waals surface area contributed by atoms with Crippen LogP contribution in [0.1, 0.15) is 5.56 Å². The fourth-order valence-electron chi connectivity index (χ4n) is 2.77. The van der Waals surface area contributed by atoms with Crippen molar-refractivity contribution in [3.63, 3.8) is 0 Å². The molecule has 0 spiro atoms. The summed E-state index contributed by atoms with van der Waals surface area (Å²) < 4.78 is 65.5. The van der Waals surface area contributed by atoms with Gasteiger partial charge in [-0.1, -0.05) is 6.07 Å². The number of halogens is 3. The van der Waals surface area contributed by atoms with Gasteiger partial charge < -0.3 is 4.98 Å². The number of hydrogen-bond donors (Lipinski definition) is 1. The Bertz CT molecular complexity index is 1290. The molecule has 2 aromatic carbocycles. The van der Waals surface area contributed by atoms with Gasteiger partial charge in [-0.2, -0.15) is 0 Å². The molecule has 4 aromatic rings. The summed E-state index contributed by atoms with van der Waals surface area (Å²) in [6.07, 6.45) is 1.61. The number of H-pyrrole nitrogens is 1. The number of aromatic amines is 1. The van der Waals surface area contributed by atoms with E-state index in [1.165, 1.54) is 18.2 Å². The third-order valence-electron chi connectivity index (χ3n) is 4.15. The maximum Gasteiger partial charge on any atom is 0.182 e. The number of sulfone groups is 1. The first-order valence-corrected chi connectivity index (χ1v) is 9.76. The summed E-state index contributed by atoms with van der Waals surface area (Å²) >= 11 is 0. The van der Waals surface area contributed by atoms with Crippen LogP contribution >= 0.6 is 0 Å². The van der Waals surface area contributed by atoms with E-state index < -0.39 is 38.6 Å². The maximum absolute atomic E-state index is 13.8. The molecule has 9 heteroatoms. The lowest BCUT2D eigenvalue weighted by atomic mass is 10.2. The van der Waals surface area contributed by atoms with E-state index in [4.69, 9.17) is 0 Å². The molecular weight excluding hydrogens is 391 g/mol. The molecule has 4 rings (SSSR count). The number of benzene rings is 2. The Kier molecular flexibility index (Phi) is 4.38. The van der Waals surface area contributed by atoms with Crippen LogP contribution < -0.4 is 0 Å². The van der Waals surface area contributed by atoms with Gasteiger partial charge in [-0.3, -0.25) is 4.98 Å². The molecule has 0 saturated carbocycles. The summed E-state index contributed by atoms with van der Waals surface area (Å²) in [7, 11) is -4.00. The Balaban J connectivity index is 1.71. The SMILES string of the molecule is O=S(=O)(Cc1cc(F)c(F)cc1F)c1ccc2nc(-c3ccccn3)[nH]c2c1. The molecule has 0 saturated heterocycles. The molecule has 28 heavy (non-hydrogen) atoms. The van der Waals surface area contributed by atoms with Crippen molar-refractivity contribution in [1.82, 2.24) is 15.0 Å². The monoisotopic (exact) mass is 403 g/mol. The molecule has 0 aliphatic carbocycles. The first kappa shape index (κ1) is 18.2. The summed E-state index contributed by atoms with van der Waals surface area (Å²) in [6, 6.07) is 10.4. The summed E-state index contributed by atoms with van der Waals surface area (Å²) in [5, 5.41) is 0. The number of nitrogens with zero attached hydrogens (tertiary/aromatic N) is 2. The molecule has 0 aliphatic heterocycles. The van der Waals surface area contributed by atoms with E-state index in [1.807, 2.05) is 0 Å². The fraction of sp³-hybridized carbons (Fsp3) is 0.0526. The Morgan fingerprint density at radius 2 is 1.71 bits per heavy atom. The zero-order valence-electron chi connectivity index (χ0n) is 14.2. The van der Waals surface area contributed by atoms with Gasteiger partial charge in [-0.15, -0.1) is 0 Å². The zero-order chi connectivity index (χ0) is 19.9. The van der Waals surface area contributed by atoms with Crippen LogP contribution in [-0.2, 0) is 15.6 Å². The maximum atomic E-state index is 13.8. The van der Waals surface area contributed by atoms with E-state index >= 15 is 0 Å². The Hall–Kier alpha value is -3.20. The number of hydrogen-bond acceptors (Lipinski definition) is 4. The van der Waals surface area contributed by atoms with E-state index in [1.54, 1.807) is 24.4 Å². The lowest BCUT2D eigenvalue weighted by Gasteiger charge is -2.07. The highest BCUT2D eigenvalue weighted by molar-refractivity contribution is 7.90. The van der Waals surface area contributed by atoms with Gasteiger partial charge in [-0.25, -0.2) is 26.6 Å². The normalized spacial score (nSPS) is 11.8. The average Bonchev–Trinajstić information content (AvgIpc) is 3.10. The quantitative estimate of drug-likeness (QED) is 0.523. The molecule has 1 N–H and O–H groups in total. The van der Waals surface area contributed by atoms with Gasteiger partial charge in [0.05, 0.1) is 21.7 Å². The molecule has 0 radical (unpaired) electrons. The molecule has 0 unspecified atom stereocenters. The van der Waals surface area contributed by atoms with Crippen molar-refractivity contribution in [2.24, 2.45) is 0 Å². The second kappa shape index (κ2) is 6.75. The second-order valence-corrected chi connectivity index (χ2v) is 8.09.